The van der Waals surface area contributed by atoms with Gasteiger partial charge in [0.05, 0.1) is 13.0 Å². The van der Waals surface area contributed by atoms with Crippen molar-refractivity contribution in [2.75, 3.05) is 6.54 Å². The lowest BCUT2D eigenvalue weighted by Gasteiger charge is -2.18. The minimum absolute atomic E-state index is 0.0122. The minimum atomic E-state index is -0.420. The van der Waals surface area contributed by atoms with Crippen LogP contribution in [0.3, 0.4) is 0 Å². The molecule has 1 rings (SSSR count). The number of esters is 1. The highest BCUT2D eigenvalue weighted by atomic mass is 16.5. The maximum absolute atomic E-state index is 11.6. The van der Waals surface area contributed by atoms with E-state index in [0.717, 1.165) is 10.6 Å². The number of ether oxygens (including phenoxy) is 1. The molecule has 1 amide bonds. The number of hydrazine groups is 1. The Labute approximate surface area is 118 Å². The number of rotatable bonds is 7. The molecule has 0 saturated carbocycles. The normalized spacial score (nSPS) is 11.8. The number of benzene rings is 1. The van der Waals surface area contributed by atoms with Crippen molar-refractivity contribution in [3.05, 3.63) is 35.9 Å². The SMILES string of the molecule is CC(N)CN(N)C(=O)CCC(=O)OCc1ccccc1. The maximum atomic E-state index is 11.6. The molecule has 20 heavy (non-hydrogen) atoms. The number of hydrogen-bond acceptors (Lipinski definition) is 5. The highest BCUT2D eigenvalue weighted by molar-refractivity contribution is 5.81. The van der Waals surface area contributed by atoms with Crippen molar-refractivity contribution in [1.82, 2.24) is 5.01 Å². The van der Waals surface area contributed by atoms with Gasteiger partial charge in [-0.3, -0.25) is 14.6 Å². The lowest BCUT2D eigenvalue weighted by molar-refractivity contribution is -0.147. The Morgan fingerprint density at radius 1 is 1.25 bits per heavy atom. The van der Waals surface area contributed by atoms with Crippen LogP contribution in [0.2, 0.25) is 0 Å². The van der Waals surface area contributed by atoms with Gasteiger partial charge in [0.2, 0.25) is 5.91 Å². The zero-order chi connectivity index (χ0) is 15.0. The van der Waals surface area contributed by atoms with Crippen LogP contribution in [0.15, 0.2) is 30.3 Å². The first-order valence-electron chi connectivity index (χ1n) is 6.49. The second-order valence-corrected chi connectivity index (χ2v) is 4.67. The summed E-state index contributed by atoms with van der Waals surface area (Å²) in [5.74, 6) is 4.78. The van der Waals surface area contributed by atoms with E-state index >= 15 is 0 Å². The molecule has 4 N–H and O–H groups in total. The van der Waals surface area contributed by atoms with E-state index in [1.807, 2.05) is 30.3 Å². The third kappa shape index (κ3) is 6.31. The van der Waals surface area contributed by atoms with E-state index in [-0.39, 0.29) is 37.9 Å². The molecule has 0 aliphatic heterocycles. The number of nitrogens with two attached hydrogens (primary N) is 2. The van der Waals surface area contributed by atoms with Crippen molar-refractivity contribution in [1.29, 1.82) is 0 Å². The van der Waals surface area contributed by atoms with Crippen molar-refractivity contribution in [3.8, 4) is 0 Å². The number of amides is 1. The van der Waals surface area contributed by atoms with Crippen molar-refractivity contribution in [2.45, 2.75) is 32.4 Å². The largest absolute Gasteiger partial charge is 0.461 e. The summed E-state index contributed by atoms with van der Waals surface area (Å²) >= 11 is 0. The van der Waals surface area contributed by atoms with Gasteiger partial charge >= 0.3 is 5.97 Å². The Kier molecular flexibility index (Phi) is 6.69. The molecule has 0 aromatic heterocycles. The van der Waals surface area contributed by atoms with Crippen LogP contribution in [0.1, 0.15) is 25.3 Å². The van der Waals surface area contributed by atoms with Gasteiger partial charge in [0.1, 0.15) is 6.61 Å². The van der Waals surface area contributed by atoms with Gasteiger partial charge in [-0.2, -0.15) is 0 Å². The molecule has 0 aliphatic rings. The summed E-state index contributed by atoms with van der Waals surface area (Å²) in [7, 11) is 0. The molecule has 1 atom stereocenters. The third-order valence-electron chi connectivity index (χ3n) is 2.59. The van der Waals surface area contributed by atoms with E-state index < -0.39 is 5.97 Å². The summed E-state index contributed by atoms with van der Waals surface area (Å²) < 4.78 is 5.06. The average molecular weight is 279 g/mol. The zero-order valence-electron chi connectivity index (χ0n) is 11.6. The van der Waals surface area contributed by atoms with E-state index in [0.29, 0.717) is 0 Å². The van der Waals surface area contributed by atoms with Crippen LogP contribution in [0.5, 0.6) is 0 Å². The van der Waals surface area contributed by atoms with Crippen molar-refractivity contribution in [2.24, 2.45) is 11.6 Å². The maximum Gasteiger partial charge on any atom is 0.306 e. The number of carbonyl (C=O) groups is 2. The summed E-state index contributed by atoms with van der Waals surface area (Å²) in [6.45, 7) is 2.22. The Bertz CT molecular complexity index is 435. The molecule has 0 saturated heterocycles. The predicted octanol–water partition coefficient (Wildman–Crippen LogP) is 0.560. The molecule has 0 radical (unpaired) electrons. The molecule has 1 aromatic carbocycles. The number of carbonyl (C=O) groups excluding carboxylic acids is 2. The Morgan fingerprint density at radius 3 is 2.50 bits per heavy atom. The lowest BCUT2D eigenvalue weighted by Crippen LogP contribution is -2.44. The van der Waals surface area contributed by atoms with Crippen LogP contribution in [0.4, 0.5) is 0 Å². The van der Waals surface area contributed by atoms with Gasteiger partial charge in [0, 0.05) is 12.5 Å². The fourth-order valence-electron chi connectivity index (χ4n) is 1.57. The van der Waals surface area contributed by atoms with Crippen LogP contribution >= 0.6 is 0 Å². The van der Waals surface area contributed by atoms with Crippen molar-refractivity contribution >= 4 is 11.9 Å². The summed E-state index contributed by atoms with van der Waals surface area (Å²) in [4.78, 5) is 23.1. The van der Waals surface area contributed by atoms with Gasteiger partial charge in [0.15, 0.2) is 0 Å². The monoisotopic (exact) mass is 279 g/mol. The summed E-state index contributed by atoms with van der Waals surface area (Å²) in [6, 6.07) is 9.15. The highest BCUT2D eigenvalue weighted by Crippen LogP contribution is 2.03. The quantitative estimate of drug-likeness (QED) is 0.329. The predicted molar refractivity (Wildman–Crippen MR) is 75.0 cm³/mol. The molecule has 6 nitrogen and oxygen atoms in total. The van der Waals surface area contributed by atoms with Gasteiger partial charge in [-0.15, -0.1) is 0 Å². The zero-order valence-corrected chi connectivity index (χ0v) is 11.6. The summed E-state index contributed by atoms with van der Waals surface area (Å²) in [5, 5.41) is 1.04. The van der Waals surface area contributed by atoms with Gasteiger partial charge in [0.25, 0.3) is 0 Å². The number of hydrogen-bond donors (Lipinski definition) is 2. The fraction of sp³-hybridized carbons (Fsp3) is 0.429. The smallest absolute Gasteiger partial charge is 0.306 e. The molecule has 110 valence electrons. The van der Waals surface area contributed by atoms with Gasteiger partial charge in [-0.05, 0) is 12.5 Å². The minimum Gasteiger partial charge on any atom is -0.461 e. The second-order valence-electron chi connectivity index (χ2n) is 4.67. The summed E-state index contributed by atoms with van der Waals surface area (Å²) in [6.07, 6.45) is 0.0369. The first-order valence-corrected chi connectivity index (χ1v) is 6.49. The molecule has 0 heterocycles. The molecule has 1 unspecified atom stereocenters. The molecular weight excluding hydrogens is 258 g/mol. The van der Waals surface area contributed by atoms with E-state index in [1.165, 1.54) is 0 Å². The lowest BCUT2D eigenvalue weighted by atomic mass is 10.2. The van der Waals surface area contributed by atoms with E-state index in [4.69, 9.17) is 16.3 Å². The van der Waals surface area contributed by atoms with E-state index in [1.54, 1.807) is 6.92 Å². The molecule has 0 fully saturated rings. The van der Waals surface area contributed by atoms with Gasteiger partial charge in [-0.1, -0.05) is 30.3 Å². The van der Waals surface area contributed by atoms with E-state index in [9.17, 15) is 9.59 Å². The van der Waals surface area contributed by atoms with Gasteiger partial charge < -0.3 is 10.5 Å². The van der Waals surface area contributed by atoms with Crippen molar-refractivity contribution < 1.29 is 14.3 Å². The second kappa shape index (κ2) is 8.29. The first-order chi connectivity index (χ1) is 9.49. The Morgan fingerprint density at radius 2 is 1.90 bits per heavy atom. The third-order valence-corrected chi connectivity index (χ3v) is 2.59. The Hall–Kier alpha value is -1.92. The number of nitrogens with zero attached hydrogens (tertiary/aromatic N) is 1. The van der Waals surface area contributed by atoms with Crippen LogP contribution in [-0.4, -0.2) is 29.5 Å². The molecule has 0 spiro atoms. The van der Waals surface area contributed by atoms with Gasteiger partial charge in [-0.25, -0.2) is 5.84 Å². The van der Waals surface area contributed by atoms with Crippen LogP contribution in [-0.2, 0) is 20.9 Å². The fourth-order valence-corrected chi connectivity index (χ4v) is 1.57. The average Bonchev–Trinajstić information content (AvgIpc) is 2.42. The van der Waals surface area contributed by atoms with Crippen LogP contribution in [0, 0.1) is 0 Å². The standard InChI is InChI=1S/C14H21N3O3/c1-11(15)9-17(16)13(18)7-8-14(19)20-10-12-5-3-2-4-6-12/h2-6,11H,7-10,15-16H2,1H3. The molecular formula is C14H21N3O3. The van der Waals surface area contributed by atoms with Crippen LogP contribution in [0.25, 0.3) is 0 Å². The first kappa shape index (κ1) is 16.1. The molecule has 0 aliphatic carbocycles. The van der Waals surface area contributed by atoms with Crippen LogP contribution < -0.4 is 11.6 Å². The Balaban J connectivity index is 2.24. The molecule has 1 aromatic rings. The topological polar surface area (TPSA) is 98.6 Å². The highest BCUT2D eigenvalue weighted by Gasteiger charge is 2.13. The van der Waals surface area contributed by atoms with Crippen molar-refractivity contribution in [3.63, 3.8) is 0 Å². The molecule has 0 bridgehead atoms. The summed E-state index contributed by atoms with van der Waals surface area (Å²) in [5.41, 5.74) is 6.44. The van der Waals surface area contributed by atoms with E-state index in [2.05, 4.69) is 0 Å². The molecule has 6 heteroatoms.